The van der Waals surface area contributed by atoms with Gasteiger partial charge in [-0.3, -0.25) is 9.69 Å². The number of fused-ring (bicyclic) bond motifs is 2. The SMILES string of the molecule is Cc1nnc(CN2CCCC3(C2)C(=O)Nc2ccccc23)s1. The number of hydrogen-bond donors (Lipinski definition) is 1. The van der Waals surface area contributed by atoms with Crippen molar-refractivity contribution in [1.29, 1.82) is 0 Å². The number of hydrogen-bond acceptors (Lipinski definition) is 5. The topological polar surface area (TPSA) is 58.1 Å². The molecular weight excluding hydrogens is 296 g/mol. The molecule has 1 fully saturated rings. The Balaban J connectivity index is 1.61. The van der Waals surface area contributed by atoms with Gasteiger partial charge in [0, 0.05) is 12.2 Å². The molecule has 1 unspecified atom stereocenters. The molecule has 1 amide bonds. The van der Waals surface area contributed by atoms with Gasteiger partial charge in [-0.05, 0) is 37.9 Å². The van der Waals surface area contributed by atoms with Crippen LogP contribution in [0.2, 0.25) is 0 Å². The van der Waals surface area contributed by atoms with E-state index in [-0.39, 0.29) is 5.91 Å². The highest BCUT2D eigenvalue weighted by Crippen LogP contribution is 2.43. The molecule has 0 bridgehead atoms. The lowest BCUT2D eigenvalue weighted by Crippen LogP contribution is -2.49. The van der Waals surface area contributed by atoms with Crippen molar-refractivity contribution >= 4 is 22.9 Å². The molecule has 2 aliphatic rings. The van der Waals surface area contributed by atoms with Crippen LogP contribution in [-0.4, -0.2) is 34.1 Å². The number of aromatic nitrogens is 2. The first-order valence-electron chi connectivity index (χ1n) is 7.60. The molecule has 3 heterocycles. The van der Waals surface area contributed by atoms with E-state index in [2.05, 4.69) is 26.5 Å². The molecule has 6 heteroatoms. The first kappa shape index (κ1) is 13.8. The van der Waals surface area contributed by atoms with Gasteiger partial charge >= 0.3 is 0 Å². The fraction of sp³-hybridized carbons (Fsp3) is 0.438. The average Bonchev–Trinajstić information content (AvgIpc) is 3.03. The van der Waals surface area contributed by atoms with Crippen molar-refractivity contribution in [2.45, 2.75) is 31.7 Å². The minimum atomic E-state index is -0.394. The van der Waals surface area contributed by atoms with Crippen LogP contribution in [0.4, 0.5) is 5.69 Å². The Morgan fingerprint density at radius 2 is 2.23 bits per heavy atom. The third kappa shape index (κ3) is 2.14. The summed E-state index contributed by atoms with van der Waals surface area (Å²) in [6, 6.07) is 8.08. The Kier molecular flexibility index (Phi) is 3.23. The molecular formula is C16H18N4OS. The van der Waals surface area contributed by atoms with E-state index in [1.165, 1.54) is 0 Å². The van der Waals surface area contributed by atoms with Gasteiger partial charge in [0.25, 0.3) is 0 Å². The van der Waals surface area contributed by atoms with Gasteiger partial charge < -0.3 is 5.32 Å². The number of para-hydroxylation sites is 1. The summed E-state index contributed by atoms with van der Waals surface area (Å²) in [5.41, 5.74) is 1.73. The molecule has 2 aromatic rings. The van der Waals surface area contributed by atoms with Gasteiger partial charge in [0.1, 0.15) is 10.0 Å². The summed E-state index contributed by atoms with van der Waals surface area (Å²) >= 11 is 1.63. The molecule has 1 spiro atoms. The maximum absolute atomic E-state index is 12.6. The van der Waals surface area contributed by atoms with Gasteiger partial charge in [0.05, 0.1) is 12.0 Å². The van der Waals surface area contributed by atoms with Gasteiger partial charge in [-0.2, -0.15) is 0 Å². The van der Waals surface area contributed by atoms with Crippen molar-refractivity contribution in [3.8, 4) is 0 Å². The number of piperidine rings is 1. The second kappa shape index (κ2) is 5.14. The summed E-state index contributed by atoms with van der Waals surface area (Å²) in [5, 5.41) is 13.4. The van der Waals surface area contributed by atoms with Gasteiger partial charge in [-0.1, -0.05) is 18.2 Å². The molecule has 1 aromatic heterocycles. The molecule has 22 heavy (non-hydrogen) atoms. The molecule has 1 aromatic carbocycles. The van der Waals surface area contributed by atoms with Crippen molar-refractivity contribution in [3.63, 3.8) is 0 Å². The Morgan fingerprint density at radius 3 is 3.05 bits per heavy atom. The number of nitrogens with one attached hydrogen (secondary N) is 1. The van der Waals surface area contributed by atoms with Crippen LogP contribution in [0, 0.1) is 6.92 Å². The lowest BCUT2D eigenvalue weighted by atomic mass is 9.75. The first-order chi connectivity index (χ1) is 10.7. The summed E-state index contributed by atoms with van der Waals surface area (Å²) in [5.74, 6) is 0.145. The lowest BCUT2D eigenvalue weighted by Gasteiger charge is -2.38. The minimum Gasteiger partial charge on any atom is -0.325 e. The predicted molar refractivity (Wildman–Crippen MR) is 85.9 cm³/mol. The number of amides is 1. The number of nitrogens with zero attached hydrogens (tertiary/aromatic N) is 3. The molecule has 2 aliphatic heterocycles. The zero-order valence-corrected chi connectivity index (χ0v) is 13.3. The first-order valence-corrected chi connectivity index (χ1v) is 8.41. The number of benzene rings is 1. The zero-order valence-electron chi connectivity index (χ0n) is 12.5. The molecule has 114 valence electrons. The number of anilines is 1. The van der Waals surface area contributed by atoms with E-state index in [0.717, 1.165) is 53.7 Å². The Morgan fingerprint density at radius 1 is 1.36 bits per heavy atom. The highest BCUT2D eigenvalue weighted by molar-refractivity contribution is 7.11. The van der Waals surface area contributed by atoms with Crippen LogP contribution in [0.1, 0.15) is 28.4 Å². The Labute approximate surface area is 133 Å². The third-order valence-corrected chi connectivity index (χ3v) is 5.45. The summed E-state index contributed by atoms with van der Waals surface area (Å²) in [7, 11) is 0. The molecule has 1 atom stereocenters. The molecule has 1 N–H and O–H groups in total. The maximum atomic E-state index is 12.6. The van der Waals surface area contributed by atoms with E-state index in [1.807, 2.05) is 25.1 Å². The Hall–Kier alpha value is -1.79. The van der Waals surface area contributed by atoms with E-state index in [9.17, 15) is 4.79 Å². The quantitative estimate of drug-likeness (QED) is 0.924. The number of carbonyl (C=O) groups is 1. The maximum Gasteiger partial charge on any atom is 0.236 e. The van der Waals surface area contributed by atoms with Crippen LogP contribution in [0.15, 0.2) is 24.3 Å². The lowest BCUT2D eigenvalue weighted by molar-refractivity contribution is -0.122. The average molecular weight is 314 g/mol. The zero-order chi connectivity index (χ0) is 15.2. The highest BCUT2D eigenvalue weighted by atomic mass is 32.1. The van der Waals surface area contributed by atoms with Crippen molar-refractivity contribution in [2.75, 3.05) is 18.4 Å². The highest BCUT2D eigenvalue weighted by Gasteiger charge is 2.48. The molecule has 0 radical (unpaired) electrons. The Bertz CT molecular complexity index is 728. The summed E-state index contributed by atoms with van der Waals surface area (Å²) in [6.07, 6.45) is 1.95. The van der Waals surface area contributed by atoms with Crippen LogP contribution < -0.4 is 5.32 Å². The second-order valence-corrected chi connectivity index (χ2v) is 7.38. The fourth-order valence-corrected chi connectivity index (χ4v) is 4.40. The van der Waals surface area contributed by atoms with Crippen molar-refractivity contribution in [3.05, 3.63) is 39.8 Å². The van der Waals surface area contributed by atoms with Crippen LogP contribution >= 0.6 is 11.3 Å². The largest absolute Gasteiger partial charge is 0.325 e. The molecule has 5 nitrogen and oxygen atoms in total. The third-order valence-electron chi connectivity index (χ3n) is 4.62. The van der Waals surface area contributed by atoms with Crippen molar-refractivity contribution in [1.82, 2.24) is 15.1 Å². The van der Waals surface area contributed by atoms with E-state index >= 15 is 0 Å². The smallest absolute Gasteiger partial charge is 0.236 e. The standard InChI is InChI=1S/C16H18N4OS/c1-11-18-19-14(22-11)9-20-8-4-7-16(10-20)12-5-2-3-6-13(12)17-15(16)21/h2-3,5-6H,4,7-10H2,1H3,(H,17,21). The monoisotopic (exact) mass is 314 g/mol. The number of rotatable bonds is 2. The van der Waals surface area contributed by atoms with Crippen LogP contribution in [0.25, 0.3) is 0 Å². The van der Waals surface area contributed by atoms with Crippen LogP contribution in [-0.2, 0) is 16.8 Å². The number of likely N-dealkylation sites (tertiary alicyclic amines) is 1. The minimum absolute atomic E-state index is 0.145. The molecule has 0 saturated carbocycles. The second-order valence-electron chi connectivity index (χ2n) is 6.11. The summed E-state index contributed by atoms with van der Waals surface area (Å²) < 4.78 is 0. The van der Waals surface area contributed by atoms with E-state index < -0.39 is 5.41 Å². The number of carbonyl (C=O) groups excluding carboxylic acids is 1. The number of aryl methyl sites for hydroxylation is 1. The van der Waals surface area contributed by atoms with Gasteiger partial charge in [0.2, 0.25) is 5.91 Å². The van der Waals surface area contributed by atoms with E-state index in [1.54, 1.807) is 11.3 Å². The summed E-state index contributed by atoms with van der Waals surface area (Å²) in [4.78, 5) is 15.0. The van der Waals surface area contributed by atoms with E-state index in [0.29, 0.717) is 0 Å². The molecule has 1 saturated heterocycles. The van der Waals surface area contributed by atoms with Crippen LogP contribution in [0.5, 0.6) is 0 Å². The summed E-state index contributed by atoms with van der Waals surface area (Å²) in [6.45, 7) is 4.52. The van der Waals surface area contributed by atoms with Crippen LogP contribution in [0.3, 0.4) is 0 Å². The van der Waals surface area contributed by atoms with E-state index in [4.69, 9.17) is 0 Å². The molecule has 4 rings (SSSR count). The van der Waals surface area contributed by atoms with Gasteiger partial charge in [-0.15, -0.1) is 21.5 Å². The molecule has 0 aliphatic carbocycles. The predicted octanol–water partition coefficient (Wildman–Crippen LogP) is 2.33. The van der Waals surface area contributed by atoms with Crippen molar-refractivity contribution in [2.24, 2.45) is 0 Å². The normalized spacial score (nSPS) is 24.5. The van der Waals surface area contributed by atoms with Gasteiger partial charge in [-0.25, -0.2) is 0 Å². The van der Waals surface area contributed by atoms with Crippen molar-refractivity contribution < 1.29 is 4.79 Å². The fourth-order valence-electron chi connectivity index (χ4n) is 3.65. The van der Waals surface area contributed by atoms with Gasteiger partial charge in [0.15, 0.2) is 0 Å².